The third-order valence-electron chi connectivity index (χ3n) is 13.0. The summed E-state index contributed by atoms with van der Waals surface area (Å²) in [6, 6.07) is 17.9. The summed E-state index contributed by atoms with van der Waals surface area (Å²) in [4.78, 5) is 61.3. The standard InChI is InChI=1S/C45H41FN4O7S/c1-5-45(55)31-16-35-39-28(18-49(35)41(52)30(31)20-56-42(45)53)38-33(15-14-23-22(2)32(46)17-34(47-39)37(23)38)48-40(51)36-21-58-44(3,4)50(36)43(54)57-19-29-26-12-8-6-10-24(26)25-11-7-9-13-27(25)29/h6-13,16-17,29,33,36,55H,5,14-15,18-21H2,1-4H3,(H,48,51)/t33-,36-,45-/m0/s1. The number of aromatic nitrogens is 2. The van der Waals surface area contributed by atoms with Crippen LogP contribution in [0.4, 0.5) is 9.18 Å². The lowest BCUT2D eigenvalue weighted by Gasteiger charge is -2.35. The van der Waals surface area contributed by atoms with Crippen LogP contribution < -0.4 is 10.9 Å². The Kier molecular flexibility index (Phi) is 8.24. The molecule has 5 heterocycles. The van der Waals surface area contributed by atoms with Crippen LogP contribution in [0.1, 0.15) is 90.1 Å². The number of cyclic esters (lactones) is 1. The van der Waals surface area contributed by atoms with E-state index in [4.69, 9.17) is 14.5 Å². The van der Waals surface area contributed by atoms with Crippen molar-refractivity contribution in [3.8, 4) is 22.5 Å². The summed E-state index contributed by atoms with van der Waals surface area (Å²) < 4.78 is 28.4. The molecule has 11 nitrogen and oxygen atoms in total. The molecule has 5 aliphatic rings. The van der Waals surface area contributed by atoms with Gasteiger partial charge in [0.15, 0.2) is 5.60 Å². The smallest absolute Gasteiger partial charge is 0.411 e. The number of benzene rings is 3. The highest BCUT2D eigenvalue weighted by atomic mass is 32.2. The van der Waals surface area contributed by atoms with Crippen molar-refractivity contribution < 1.29 is 33.4 Å². The predicted octanol–water partition coefficient (Wildman–Crippen LogP) is 6.73. The average molecular weight is 801 g/mol. The Hall–Kier alpha value is -5.53. The minimum absolute atomic E-state index is 0.00372. The first kappa shape index (κ1) is 36.8. The zero-order valence-electron chi connectivity index (χ0n) is 32.5. The maximum atomic E-state index is 15.5. The van der Waals surface area contributed by atoms with Gasteiger partial charge in [-0.2, -0.15) is 0 Å². The fraction of sp³-hybridized carbons (Fsp3) is 0.356. The number of carbonyl (C=O) groups is 3. The number of aryl methyl sites for hydroxylation is 1. The lowest BCUT2D eigenvalue weighted by molar-refractivity contribution is -0.172. The molecule has 2 aromatic heterocycles. The number of halogens is 1. The molecule has 1 fully saturated rings. The molecule has 5 aromatic rings. The van der Waals surface area contributed by atoms with Gasteiger partial charge in [-0.1, -0.05) is 55.5 Å². The molecular weight excluding hydrogens is 760 g/mol. The summed E-state index contributed by atoms with van der Waals surface area (Å²) >= 11 is 1.50. The van der Waals surface area contributed by atoms with Gasteiger partial charge in [-0.3, -0.25) is 14.5 Å². The Morgan fingerprint density at radius 3 is 2.47 bits per heavy atom. The van der Waals surface area contributed by atoms with Crippen LogP contribution in [0.15, 0.2) is 65.5 Å². The number of thioether (sulfide) groups is 1. The van der Waals surface area contributed by atoms with Gasteiger partial charge in [0.25, 0.3) is 5.56 Å². The molecule has 3 aliphatic heterocycles. The van der Waals surface area contributed by atoms with E-state index in [1.165, 1.54) is 17.8 Å². The van der Waals surface area contributed by atoms with Gasteiger partial charge < -0.3 is 24.5 Å². The Morgan fingerprint density at radius 2 is 1.76 bits per heavy atom. The Balaban J connectivity index is 0.989. The SMILES string of the molecule is CC[C@@]1(O)C(=O)OCc2c1cc1n(c2=O)Cc2c-1nc1cc(F)c(C)c3c1c2[C@@H](NC(=O)[C@@H]1CSC(C)(C)N1C(=O)OCC1c2ccccc2-c2ccccc21)CC3. The van der Waals surface area contributed by atoms with Crippen molar-refractivity contribution in [1.29, 1.82) is 0 Å². The number of rotatable bonds is 5. The highest BCUT2D eigenvalue weighted by Crippen LogP contribution is 2.48. The van der Waals surface area contributed by atoms with Gasteiger partial charge in [0.2, 0.25) is 5.91 Å². The molecule has 2 aliphatic carbocycles. The van der Waals surface area contributed by atoms with Crippen LogP contribution in [0.3, 0.4) is 0 Å². The van der Waals surface area contributed by atoms with Crippen molar-refractivity contribution in [2.24, 2.45) is 0 Å². The number of pyridine rings is 2. The molecule has 1 saturated heterocycles. The molecule has 0 saturated carbocycles. The van der Waals surface area contributed by atoms with Crippen molar-refractivity contribution in [3.63, 3.8) is 0 Å². The minimum atomic E-state index is -2.00. The highest BCUT2D eigenvalue weighted by molar-refractivity contribution is 8.00. The summed E-state index contributed by atoms with van der Waals surface area (Å²) in [5, 5.41) is 15.4. The second kappa shape index (κ2) is 13.0. The zero-order chi connectivity index (χ0) is 40.4. The molecule has 0 bridgehead atoms. The third kappa shape index (κ3) is 5.18. The maximum absolute atomic E-state index is 15.5. The topological polar surface area (TPSA) is 140 Å². The van der Waals surface area contributed by atoms with Gasteiger partial charge in [0.1, 0.15) is 25.1 Å². The lowest BCUT2D eigenvalue weighted by Crippen LogP contribution is -2.53. The van der Waals surface area contributed by atoms with Crippen LogP contribution in [0.25, 0.3) is 33.4 Å². The van der Waals surface area contributed by atoms with Gasteiger partial charge in [-0.15, -0.1) is 11.8 Å². The summed E-state index contributed by atoms with van der Waals surface area (Å²) in [6.45, 7) is 7.17. The highest BCUT2D eigenvalue weighted by Gasteiger charge is 2.49. The minimum Gasteiger partial charge on any atom is -0.458 e. The summed E-state index contributed by atoms with van der Waals surface area (Å²) in [6.07, 6.45) is 0.347. The van der Waals surface area contributed by atoms with Gasteiger partial charge in [-0.05, 0) is 85.0 Å². The van der Waals surface area contributed by atoms with Crippen LogP contribution in [0.2, 0.25) is 0 Å². The van der Waals surface area contributed by atoms with Crippen molar-refractivity contribution in [2.45, 2.75) is 88.6 Å². The molecule has 13 heteroatoms. The van der Waals surface area contributed by atoms with Crippen LogP contribution in [-0.4, -0.2) is 60.8 Å². The van der Waals surface area contributed by atoms with Crippen molar-refractivity contribution >= 4 is 40.6 Å². The first-order valence-corrected chi connectivity index (χ1v) is 20.7. The monoisotopic (exact) mass is 800 g/mol. The van der Waals surface area contributed by atoms with Gasteiger partial charge in [0.05, 0.1) is 39.9 Å². The fourth-order valence-corrected chi connectivity index (χ4v) is 11.2. The molecule has 3 atom stereocenters. The van der Waals surface area contributed by atoms with E-state index < -0.39 is 46.0 Å². The van der Waals surface area contributed by atoms with E-state index in [9.17, 15) is 24.3 Å². The molecule has 10 rings (SSSR count). The number of amides is 2. The number of carbonyl (C=O) groups excluding carboxylic acids is 3. The van der Waals surface area contributed by atoms with Crippen LogP contribution in [0, 0.1) is 12.7 Å². The van der Waals surface area contributed by atoms with Crippen molar-refractivity contribution in [3.05, 3.63) is 121 Å². The summed E-state index contributed by atoms with van der Waals surface area (Å²) in [7, 11) is 0. The Morgan fingerprint density at radius 1 is 1.05 bits per heavy atom. The Labute approximate surface area is 337 Å². The van der Waals surface area contributed by atoms with Gasteiger partial charge in [-0.25, -0.2) is 19.0 Å². The normalized spacial score (nSPS) is 22.2. The van der Waals surface area contributed by atoms with Crippen molar-refractivity contribution in [1.82, 2.24) is 19.8 Å². The molecule has 58 heavy (non-hydrogen) atoms. The predicted molar refractivity (Wildman–Crippen MR) is 216 cm³/mol. The average Bonchev–Trinajstić information content (AvgIpc) is 3.86. The van der Waals surface area contributed by atoms with Crippen LogP contribution >= 0.6 is 11.8 Å². The van der Waals surface area contributed by atoms with E-state index in [-0.39, 0.29) is 49.1 Å². The number of fused-ring (bicyclic) bond motifs is 8. The second-order valence-electron chi connectivity index (χ2n) is 16.4. The lowest BCUT2D eigenvalue weighted by atomic mass is 9.81. The zero-order valence-corrected chi connectivity index (χ0v) is 33.3. The number of nitrogens with zero attached hydrogens (tertiary/aromatic N) is 3. The first-order valence-electron chi connectivity index (χ1n) is 19.7. The molecule has 0 spiro atoms. The molecule has 2 N–H and O–H groups in total. The van der Waals surface area contributed by atoms with E-state index in [0.29, 0.717) is 46.6 Å². The maximum Gasteiger partial charge on any atom is 0.411 e. The molecule has 2 amide bonds. The van der Waals surface area contributed by atoms with E-state index in [0.717, 1.165) is 38.8 Å². The third-order valence-corrected chi connectivity index (χ3v) is 14.4. The molecular formula is C45H41FN4O7S. The Bertz CT molecular complexity index is 2680. The van der Waals surface area contributed by atoms with E-state index in [1.54, 1.807) is 29.4 Å². The summed E-state index contributed by atoms with van der Waals surface area (Å²) in [5.41, 5.74) is 6.34. The van der Waals surface area contributed by atoms with Gasteiger partial charge in [0, 0.05) is 34.3 Å². The molecule has 3 aromatic carbocycles. The van der Waals surface area contributed by atoms with Gasteiger partial charge >= 0.3 is 12.1 Å². The van der Waals surface area contributed by atoms with Crippen LogP contribution in [-0.2, 0) is 44.2 Å². The molecule has 296 valence electrons. The number of aliphatic hydroxyl groups is 1. The van der Waals surface area contributed by atoms with E-state index in [1.807, 2.05) is 38.1 Å². The van der Waals surface area contributed by atoms with Crippen molar-refractivity contribution in [2.75, 3.05) is 12.4 Å². The quantitative estimate of drug-likeness (QED) is 0.182. The number of hydrogen-bond donors (Lipinski definition) is 2. The molecule has 0 unspecified atom stereocenters. The number of ether oxygens (including phenoxy) is 2. The first-order chi connectivity index (χ1) is 27.8. The van der Waals surface area contributed by atoms with E-state index in [2.05, 4.69) is 29.6 Å². The second-order valence-corrected chi connectivity index (χ2v) is 18.0. The number of nitrogens with one attached hydrogen (secondary N) is 1. The fourth-order valence-electron chi connectivity index (χ4n) is 9.97. The largest absolute Gasteiger partial charge is 0.458 e. The number of hydrogen-bond acceptors (Lipinski definition) is 9. The molecule has 0 radical (unpaired) electrons. The summed E-state index contributed by atoms with van der Waals surface area (Å²) in [5.74, 6) is -1.36. The number of esters is 1. The van der Waals surface area contributed by atoms with E-state index >= 15 is 4.39 Å². The van der Waals surface area contributed by atoms with Crippen LogP contribution in [0.5, 0.6) is 0 Å².